The van der Waals surface area contributed by atoms with Gasteiger partial charge in [0.1, 0.15) is 18.9 Å². The van der Waals surface area contributed by atoms with Crippen molar-refractivity contribution in [3.63, 3.8) is 0 Å². The zero-order chi connectivity index (χ0) is 26.8. The number of nitrogens with zero attached hydrogens (tertiary/aromatic N) is 4. The van der Waals surface area contributed by atoms with Crippen molar-refractivity contribution in [3.8, 4) is 11.1 Å². The van der Waals surface area contributed by atoms with Crippen LogP contribution in [0.2, 0.25) is 0 Å². The number of aliphatic hydroxyl groups is 1. The number of amides is 1. The van der Waals surface area contributed by atoms with E-state index in [1.165, 1.54) is 11.8 Å². The van der Waals surface area contributed by atoms with Crippen molar-refractivity contribution >= 4 is 28.3 Å². The van der Waals surface area contributed by atoms with Gasteiger partial charge < -0.3 is 25.6 Å². The topological polar surface area (TPSA) is 126 Å². The zero-order valence-electron chi connectivity index (χ0n) is 20.9. The van der Waals surface area contributed by atoms with E-state index in [4.69, 9.17) is 5.73 Å². The number of ketones is 1. The van der Waals surface area contributed by atoms with Gasteiger partial charge in [0.15, 0.2) is 5.78 Å². The molecule has 0 aliphatic carbocycles. The number of halogens is 1. The van der Waals surface area contributed by atoms with E-state index >= 15 is 0 Å². The third-order valence-corrected chi connectivity index (χ3v) is 6.96. The summed E-state index contributed by atoms with van der Waals surface area (Å²) in [5, 5.41) is 22.3. The number of aromatic nitrogens is 3. The smallest absolute Gasteiger partial charge is 0.243 e. The maximum Gasteiger partial charge on any atom is 0.243 e. The molecule has 2 aromatic heterocycles. The molecule has 1 aliphatic rings. The molecule has 2 aromatic carbocycles. The van der Waals surface area contributed by atoms with Crippen LogP contribution in [0.3, 0.4) is 0 Å². The third kappa shape index (κ3) is 5.13. The molecule has 5 rings (SSSR count). The number of aliphatic hydroxyl groups excluding tert-OH is 1. The fraction of sp³-hybridized carbons (Fsp3) is 0.286. The molecule has 3 unspecified atom stereocenters. The van der Waals surface area contributed by atoms with Gasteiger partial charge in [-0.3, -0.25) is 9.59 Å². The van der Waals surface area contributed by atoms with Gasteiger partial charge in [0, 0.05) is 46.9 Å². The van der Waals surface area contributed by atoms with Crippen molar-refractivity contribution in [2.24, 2.45) is 5.73 Å². The third-order valence-electron chi connectivity index (χ3n) is 6.96. The highest BCUT2D eigenvalue weighted by atomic mass is 19.1. The molecule has 1 saturated heterocycles. The summed E-state index contributed by atoms with van der Waals surface area (Å²) in [7, 11) is 0. The quantitative estimate of drug-likeness (QED) is 0.243. The van der Waals surface area contributed by atoms with Crippen molar-refractivity contribution in [2.75, 3.05) is 11.9 Å². The number of carbonyl (C=O) groups excluding carboxylic acids is 2. The van der Waals surface area contributed by atoms with Crippen LogP contribution in [0.5, 0.6) is 0 Å². The first-order valence-corrected chi connectivity index (χ1v) is 12.4. The highest BCUT2D eigenvalue weighted by Gasteiger charge is 2.39. The summed E-state index contributed by atoms with van der Waals surface area (Å²) in [5.74, 6) is -0.474. The lowest BCUT2D eigenvalue weighted by Gasteiger charge is -2.29. The summed E-state index contributed by atoms with van der Waals surface area (Å²) in [6.07, 6.45) is 2.51. The van der Waals surface area contributed by atoms with Crippen LogP contribution in [0.1, 0.15) is 29.3 Å². The number of Topliss-reactive ketones (excluding diaryl/α,β-unsaturated/α-hetero) is 1. The number of benzene rings is 2. The van der Waals surface area contributed by atoms with Gasteiger partial charge in [0.25, 0.3) is 0 Å². The minimum Gasteiger partial charge on any atom is -0.372 e. The number of alkyl halides is 1. The predicted octanol–water partition coefficient (Wildman–Crippen LogP) is 3.13. The summed E-state index contributed by atoms with van der Waals surface area (Å²) in [6.45, 7) is 1.68. The van der Waals surface area contributed by atoms with Gasteiger partial charge in [0.05, 0.1) is 25.0 Å². The Balaban J connectivity index is 1.38. The first-order valence-electron chi connectivity index (χ1n) is 12.4. The van der Waals surface area contributed by atoms with Gasteiger partial charge in [-0.2, -0.15) is 10.2 Å². The molecular weight excluding hydrogens is 487 g/mol. The normalized spacial score (nSPS) is 18.1. The van der Waals surface area contributed by atoms with Crippen LogP contribution in [0.15, 0.2) is 67.1 Å². The monoisotopic (exact) mass is 516 g/mol. The van der Waals surface area contributed by atoms with Gasteiger partial charge in [-0.25, -0.2) is 4.39 Å². The van der Waals surface area contributed by atoms with Crippen LogP contribution in [-0.4, -0.2) is 61.4 Å². The largest absolute Gasteiger partial charge is 0.372 e. The first-order chi connectivity index (χ1) is 18.3. The van der Waals surface area contributed by atoms with Gasteiger partial charge in [-0.1, -0.05) is 18.2 Å². The van der Waals surface area contributed by atoms with Gasteiger partial charge in [-0.15, -0.1) is 0 Å². The van der Waals surface area contributed by atoms with Gasteiger partial charge in [0.2, 0.25) is 5.91 Å². The Morgan fingerprint density at radius 2 is 1.95 bits per heavy atom. The maximum absolute atomic E-state index is 14.5. The van der Waals surface area contributed by atoms with E-state index in [9.17, 15) is 19.1 Å². The summed E-state index contributed by atoms with van der Waals surface area (Å²) in [4.78, 5) is 27.2. The Kier molecular flexibility index (Phi) is 7.17. The van der Waals surface area contributed by atoms with E-state index in [2.05, 4.69) is 15.5 Å². The predicted molar refractivity (Wildman–Crippen MR) is 142 cm³/mol. The minimum atomic E-state index is -1.24. The average molecular weight is 517 g/mol. The Hall–Kier alpha value is -4.15. The van der Waals surface area contributed by atoms with Crippen LogP contribution in [0.4, 0.5) is 10.1 Å². The Bertz CT molecular complexity index is 1460. The van der Waals surface area contributed by atoms with Crippen molar-refractivity contribution in [2.45, 2.75) is 44.9 Å². The number of nitrogens with one attached hydrogen (secondary N) is 1. The minimum absolute atomic E-state index is 0.0231. The lowest BCUT2D eigenvalue weighted by Crippen LogP contribution is -2.47. The molecule has 3 heterocycles. The van der Waals surface area contributed by atoms with E-state index in [0.29, 0.717) is 28.7 Å². The highest BCUT2D eigenvalue weighted by Crippen LogP contribution is 2.29. The molecule has 4 N–H and O–H groups in total. The van der Waals surface area contributed by atoms with Crippen LogP contribution in [0.25, 0.3) is 22.0 Å². The van der Waals surface area contributed by atoms with Gasteiger partial charge in [-0.05, 0) is 48.4 Å². The molecule has 1 fully saturated rings. The average Bonchev–Trinajstić information content (AvgIpc) is 3.50. The molecule has 9 nitrogen and oxygen atoms in total. The first kappa shape index (κ1) is 25.5. The fourth-order valence-electron chi connectivity index (χ4n) is 4.99. The molecule has 38 heavy (non-hydrogen) atoms. The summed E-state index contributed by atoms with van der Waals surface area (Å²) >= 11 is 0. The second-order valence-electron chi connectivity index (χ2n) is 9.53. The van der Waals surface area contributed by atoms with Crippen LogP contribution in [0, 0.1) is 0 Å². The number of carbonyl (C=O) groups is 2. The molecule has 1 aliphatic heterocycles. The van der Waals surface area contributed by atoms with E-state index in [-0.39, 0.29) is 31.2 Å². The SMILES string of the molecule is CC(=O)c1cn(CC(=O)N2CC(F)CC2C(O)Nc2ccc(CN)cc2)c2ccc(-c3ccnnc3)cc12. The highest BCUT2D eigenvalue weighted by molar-refractivity contribution is 6.08. The standard InChI is InChI=1S/C28H29FN6O3/c1-17(36)24-15-34(25-7-4-19(10-23(24)25)20-8-9-31-32-13-20)16-27(37)35-14-21(29)11-26(35)28(38)33-22-5-2-18(12-30)3-6-22/h2-10,13,15,21,26,28,33,38H,11-12,14,16,30H2,1H3. The lowest BCUT2D eigenvalue weighted by molar-refractivity contribution is -0.134. The van der Waals surface area contributed by atoms with Crippen molar-refractivity contribution in [3.05, 3.63) is 78.2 Å². The van der Waals surface area contributed by atoms with Crippen molar-refractivity contribution < 1.29 is 19.1 Å². The Morgan fingerprint density at radius 1 is 1.16 bits per heavy atom. The van der Waals surface area contributed by atoms with E-state index in [1.54, 1.807) is 35.3 Å². The number of likely N-dealkylation sites (tertiary alicyclic amines) is 1. The molecule has 196 valence electrons. The number of anilines is 1. The summed E-state index contributed by atoms with van der Waals surface area (Å²) in [6, 6.07) is 14.0. The second kappa shape index (κ2) is 10.7. The Labute approximate surface area is 219 Å². The fourth-order valence-corrected chi connectivity index (χ4v) is 4.99. The summed E-state index contributed by atoms with van der Waals surface area (Å²) < 4.78 is 16.2. The molecule has 0 radical (unpaired) electrons. The number of fused-ring (bicyclic) bond motifs is 1. The molecule has 0 saturated carbocycles. The number of nitrogens with two attached hydrogens (primary N) is 1. The van der Waals surface area contributed by atoms with E-state index < -0.39 is 18.4 Å². The number of hydrogen-bond donors (Lipinski definition) is 3. The molecule has 3 atom stereocenters. The lowest BCUT2D eigenvalue weighted by atomic mass is 10.0. The van der Waals surface area contributed by atoms with Gasteiger partial charge >= 0.3 is 0 Å². The molecular formula is C28H29FN6O3. The van der Waals surface area contributed by atoms with Crippen LogP contribution in [-0.2, 0) is 17.9 Å². The van der Waals surface area contributed by atoms with Crippen LogP contribution >= 0.6 is 0 Å². The maximum atomic E-state index is 14.5. The Morgan fingerprint density at radius 3 is 2.63 bits per heavy atom. The van der Waals surface area contributed by atoms with Crippen LogP contribution < -0.4 is 11.1 Å². The second-order valence-corrected chi connectivity index (χ2v) is 9.53. The number of hydrogen-bond acceptors (Lipinski definition) is 7. The van der Waals surface area contributed by atoms with E-state index in [0.717, 1.165) is 16.7 Å². The molecule has 0 bridgehead atoms. The number of rotatable bonds is 8. The van der Waals surface area contributed by atoms with Crippen molar-refractivity contribution in [1.82, 2.24) is 19.7 Å². The summed E-state index contributed by atoms with van der Waals surface area (Å²) in [5.41, 5.74) is 10.1. The zero-order valence-corrected chi connectivity index (χ0v) is 20.9. The molecule has 1 amide bonds. The van der Waals surface area contributed by atoms with E-state index in [1.807, 2.05) is 36.4 Å². The molecule has 0 spiro atoms. The molecule has 4 aromatic rings. The molecule has 10 heteroatoms. The van der Waals surface area contributed by atoms with Crippen molar-refractivity contribution in [1.29, 1.82) is 0 Å².